The van der Waals surface area contributed by atoms with Crippen LogP contribution < -0.4 is 5.32 Å². The molecule has 2 aliphatic heterocycles. The zero-order valence-corrected chi connectivity index (χ0v) is 19.1. The average molecular weight is 436 g/mol. The second-order valence-electron chi connectivity index (χ2n) is 9.39. The molecular weight excluding hydrogens is 402 g/mol. The summed E-state index contributed by atoms with van der Waals surface area (Å²) in [6.45, 7) is 6.34. The fourth-order valence-electron chi connectivity index (χ4n) is 5.08. The molecule has 2 aliphatic rings. The van der Waals surface area contributed by atoms with Crippen LogP contribution in [-0.2, 0) is 22.4 Å². The van der Waals surface area contributed by atoms with Gasteiger partial charge in [0, 0.05) is 25.3 Å². The Balaban J connectivity index is 1.38. The minimum atomic E-state index is -0.939. The van der Waals surface area contributed by atoms with Crippen molar-refractivity contribution in [1.29, 1.82) is 0 Å². The Hall–Kier alpha value is -2.89. The minimum absolute atomic E-state index is 0.0593. The highest BCUT2D eigenvalue weighted by molar-refractivity contribution is 5.88. The zero-order valence-electron chi connectivity index (χ0n) is 19.1. The van der Waals surface area contributed by atoms with E-state index in [0.717, 1.165) is 66.9 Å². The number of aliphatic carboxylic acids is 1. The van der Waals surface area contributed by atoms with Crippen LogP contribution in [0, 0.1) is 19.8 Å². The number of carbonyl (C=O) groups excluding carboxylic acids is 1. The molecule has 1 aromatic heterocycles. The molecule has 0 saturated carbocycles. The maximum atomic E-state index is 13.3. The lowest BCUT2D eigenvalue weighted by Gasteiger charge is -2.24. The molecule has 3 heterocycles. The number of pyridine rings is 1. The van der Waals surface area contributed by atoms with E-state index in [-0.39, 0.29) is 12.3 Å². The van der Waals surface area contributed by atoms with Crippen LogP contribution >= 0.6 is 0 Å². The third-order valence-electron chi connectivity index (χ3n) is 6.68. The third-order valence-corrected chi connectivity index (χ3v) is 6.68. The van der Waals surface area contributed by atoms with E-state index in [1.54, 1.807) is 0 Å². The van der Waals surface area contributed by atoms with E-state index in [9.17, 15) is 14.7 Å². The van der Waals surface area contributed by atoms with E-state index < -0.39 is 11.9 Å². The number of aromatic nitrogens is 1. The van der Waals surface area contributed by atoms with Crippen LogP contribution in [0.1, 0.15) is 59.5 Å². The van der Waals surface area contributed by atoms with Crippen LogP contribution in [0.2, 0.25) is 0 Å². The summed E-state index contributed by atoms with van der Waals surface area (Å²) in [6.07, 6.45) is 4.93. The molecule has 1 fully saturated rings. The van der Waals surface area contributed by atoms with Crippen molar-refractivity contribution >= 4 is 17.7 Å². The van der Waals surface area contributed by atoms with Crippen molar-refractivity contribution in [2.75, 3.05) is 25.0 Å². The summed E-state index contributed by atoms with van der Waals surface area (Å²) in [6, 6.07) is 10.3. The molecule has 0 aliphatic carbocycles. The molecule has 0 radical (unpaired) electrons. The second kappa shape index (κ2) is 9.72. The maximum Gasteiger partial charge on any atom is 0.304 e. The number of nitrogens with one attached hydrogen (secondary N) is 1. The van der Waals surface area contributed by atoms with Gasteiger partial charge in [0.15, 0.2) is 0 Å². The zero-order chi connectivity index (χ0) is 22.7. The van der Waals surface area contributed by atoms with Crippen molar-refractivity contribution in [2.24, 2.45) is 5.92 Å². The van der Waals surface area contributed by atoms with Crippen molar-refractivity contribution in [3.63, 3.8) is 0 Å². The Morgan fingerprint density at radius 2 is 2.00 bits per heavy atom. The SMILES string of the molecule is Cc1cc(C)cc([C@H](CC(=O)O)C(=O)N2CC[C@@H](CCc3ccc4c(n3)NCCC4)C2)c1. The van der Waals surface area contributed by atoms with Crippen LogP contribution in [-0.4, -0.2) is 46.5 Å². The summed E-state index contributed by atoms with van der Waals surface area (Å²) in [5.41, 5.74) is 5.31. The van der Waals surface area contributed by atoms with Gasteiger partial charge in [-0.25, -0.2) is 4.98 Å². The molecule has 6 nitrogen and oxygen atoms in total. The molecule has 2 aromatic rings. The number of hydrogen-bond donors (Lipinski definition) is 2. The Bertz CT molecular complexity index is 984. The molecule has 0 unspecified atom stereocenters. The number of carboxylic acids is 1. The van der Waals surface area contributed by atoms with Crippen LogP contribution in [0.25, 0.3) is 0 Å². The number of likely N-dealkylation sites (tertiary alicyclic amines) is 1. The van der Waals surface area contributed by atoms with Crippen molar-refractivity contribution in [1.82, 2.24) is 9.88 Å². The standard InChI is InChI=1S/C26H33N3O3/c1-17-12-18(2)14-21(13-17)23(15-24(30)31)26(32)29-11-9-19(16-29)5-7-22-8-6-20-4-3-10-27-25(20)28-22/h6,8,12-14,19,23H,3-5,7,9-11,15-16H2,1-2H3,(H,27,28)(H,30,31)/t19-,23+/m1/s1. The third kappa shape index (κ3) is 5.29. The first kappa shape index (κ1) is 22.3. The Morgan fingerprint density at radius 1 is 1.22 bits per heavy atom. The molecule has 6 heteroatoms. The Labute approximate surface area is 190 Å². The average Bonchev–Trinajstić information content (AvgIpc) is 3.24. The van der Waals surface area contributed by atoms with Crippen molar-refractivity contribution in [2.45, 2.75) is 58.3 Å². The number of nitrogens with zero attached hydrogens (tertiary/aromatic N) is 2. The smallest absolute Gasteiger partial charge is 0.304 e. The largest absolute Gasteiger partial charge is 0.481 e. The van der Waals surface area contributed by atoms with Crippen molar-refractivity contribution < 1.29 is 14.7 Å². The van der Waals surface area contributed by atoms with Crippen LogP contribution in [0.3, 0.4) is 0 Å². The fraction of sp³-hybridized carbons (Fsp3) is 0.500. The molecular formula is C26H33N3O3. The van der Waals surface area contributed by atoms with Gasteiger partial charge in [-0.15, -0.1) is 0 Å². The molecule has 170 valence electrons. The number of carboxylic acid groups (broad SMARTS) is 1. The molecule has 0 spiro atoms. The summed E-state index contributed by atoms with van der Waals surface area (Å²) in [5, 5.41) is 12.8. The highest BCUT2D eigenvalue weighted by atomic mass is 16.4. The molecule has 1 aromatic carbocycles. The topological polar surface area (TPSA) is 82.5 Å². The van der Waals surface area contributed by atoms with Gasteiger partial charge in [-0.1, -0.05) is 35.4 Å². The molecule has 4 rings (SSSR count). The van der Waals surface area contributed by atoms with E-state index in [1.165, 1.54) is 5.56 Å². The maximum absolute atomic E-state index is 13.3. The first-order valence-corrected chi connectivity index (χ1v) is 11.7. The van der Waals surface area contributed by atoms with Gasteiger partial charge >= 0.3 is 5.97 Å². The van der Waals surface area contributed by atoms with Gasteiger partial charge in [0.25, 0.3) is 0 Å². The van der Waals surface area contributed by atoms with Gasteiger partial charge in [-0.05, 0) is 69.1 Å². The first-order chi connectivity index (χ1) is 15.4. The van der Waals surface area contributed by atoms with Crippen molar-refractivity contribution in [3.8, 4) is 0 Å². The van der Waals surface area contributed by atoms with E-state index in [0.29, 0.717) is 19.0 Å². The minimum Gasteiger partial charge on any atom is -0.481 e. The van der Waals surface area contributed by atoms with Crippen LogP contribution in [0.4, 0.5) is 5.82 Å². The van der Waals surface area contributed by atoms with Gasteiger partial charge in [-0.3, -0.25) is 9.59 Å². The van der Waals surface area contributed by atoms with Gasteiger partial charge in [0.1, 0.15) is 5.82 Å². The lowest BCUT2D eigenvalue weighted by Crippen LogP contribution is -2.34. The quantitative estimate of drug-likeness (QED) is 0.684. The van der Waals surface area contributed by atoms with E-state index in [1.807, 2.05) is 36.9 Å². The number of carbonyl (C=O) groups is 2. The van der Waals surface area contributed by atoms with E-state index >= 15 is 0 Å². The Kier molecular flexibility index (Phi) is 6.77. The number of amides is 1. The highest BCUT2D eigenvalue weighted by Gasteiger charge is 2.33. The van der Waals surface area contributed by atoms with Crippen LogP contribution in [0.15, 0.2) is 30.3 Å². The summed E-state index contributed by atoms with van der Waals surface area (Å²) >= 11 is 0. The number of rotatable bonds is 7. The lowest BCUT2D eigenvalue weighted by atomic mass is 9.91. The normalized spacial score (nSPS) is 18.7. The molecule has 2 atom stereocenters. The second-order valence-corrected chi connectivity index (χ2v) is 9.39. The molecule has 0 bridgehead atoms. The lowest BCUT2D eigenvalue weighted by molar-refractivity contribution is -0.141. The number of anilines is 1. The highest BCUT2D eigenvalue weighted by Crippen LogP contribution is 2.29. The first-order valence-electron chi connectivity index (χ1n) is 11.7. The van der Waals surface area contributed by atoms with E-state index in [2.05, 4.69) is 17.4 Å². The summed E-state index contributed by atoms with van der Waals surface area (Å²) in [4.78, 5) is 31.5. The molecule has 1 amide bonds. The summed E-state index contributed by atoms with van der Waals surface area (Å²) < 4.78 is 0. The number of hydrogen-bond acceptors (Lipinski definition) is 4. The fourth-order valence-corrected chi connectivity index (χ4v) is 5.08. The predicted molar refractivity (Wildman–Crippen MR) is 125 cm³/mol. The number of aryl methyl sites for hydroxylation is 4. The predicted octanol–water partition coefficient (Wildman–Crippen LogP) is 4.10. The number of benzene rings is 1. The number of fused-ring (bicyclic) bond motifs is 1. The van der Waals surface area contributed by atoms with Crippen molar-refractivity contribution in [3.05, 3.63) is 58.3 Å². The summed E-state index contributed by atoms with van der Waals surface area (Å²) in [7, 11) is 0. The monoisotopic (exact) mass is 435 g/mol. The van der Waals surface area contributed by atoms with Gasteiger partial charge in [0.2, 0.25) is 5.91 Å². The molecule has 2 N–H and O–H groups in total. The molecule has 1 saturated heterocycles. The Morgan fingerprint density at radius 3 is 2.75 bits per heavy atom. The van der Waals surface area contributed by atoms with E-state index in [4.69, 9.17) is 4.98 Å². The van der Waals surface area contributed by atoms with Gasteiger partial charge in [0.05, 0.1) is 12.3 Å². The van der Waals surface area contributed by atoms with Gasteiger partial charge in [-0.2, -0.15) is 0 Å². The summed E-state index contributed by atoms with van der Waals surface area (Å²) in [5.74, 6) is -0.170. The van der Waals surface area contributed by atoms with Gasteiger partial charge < -0.3 is 15.3 Å². The molecule has 32 heavy (non-hydrogen) atoms. The van der Waals surface area contributed by atoms with Crippen LogP contribution in [0.5, 0.6) is 0 Å².